The van der Waals surface area contributed by atoms with E-state index in [0.29, 0.717) is 32.1 Å². The van der Waals surface area contributed by atoms with Crippen LogP contribution < -0.4 is 4.72 Å². The third-order valence-electron chi connectivity index (χ3n) is 4.35. The van der Waals surface area contributed by atoms with Gasteiger partial charge in [0.05, 0.1) is 6.54 Å². The van der Waals surface area contributed by atoms with Gasteiger partial charge < -0.3 is 0 Å². The maximum atomic E-state index is 12.4. The Morgan fingerprint density at radius 3 is 2.67 bits per heavy atom. The smallest absolute Gasteiger partial charge is 0.268 e. The highest BCUT2D eigenvalue weighted by Gasteiger charge is 2.26. The van der Waals surface area contributed by atoms with Crippen LogP contribution in [0.1, 0.15) is 30.9 Å². The summed E-state index contributed by atoms with van der Waals surface area (Å²) < 4.78 is 30.9. The molecule has 1 aromatic carbocycles. The molecule has 1 N–H and O–H groups in total. The Balaban J connectivity index is 1.56. The zero-order valence-corrected chi connectivity index (χ0v) is 14.7. The Morgan fingerprint density at radius 2 is 2.00 bits per heavy atom. The average Bonchev–Trinajstić information content (AvgIpc) is 3.07. The lowest BCUT2D eigenvalue weighted by atomic mass is 10.0. The van der Waals surface area contributed by atoms with Crippen molar-refractivity contribution in [3.8, 4) is 0 Å². The van der Waals surface area contributed by atoms with E-state index in [4.69, 9.17) is 0 Å². The number of nitrogens with one attached hydrogen (secondary N) is 1. The third kappa shape index (κ3) is 4.43. The van der Waals surface area contributed by atoms with E-state index < -0.39 is 10.2 Å². The topological polar surface area (TPSA) is 67.2 Å². The van der Waals surface area contributed by atoms with Crippen molar-refractivity contribution >= 4 is 10.2 Å². The summed E-state index contributed by atoms with van der Waals surface area (Å²) in [5.74, 6) is 0.428. The minimum Gasteiger partial charge on any atom is -0.268 e. The molecule has 1 aliphatic rings. The molecule has 0 unspecified atom stereocenters. The fourth-order valence-electron chi connectivity index (χ4n) is 2.97. The van der Waals surface area contributed by atoms with Gasteiger partial charge in [-0.2, -0.15) is 22.5 Å². The standard InChI is InChI=1S/C17H24N4O2S/c1-15-4-2-11-21(13-15)24(22,23)19-12-16-5-7-17(8-6-16)14-20-10-3-9-18-20/h3,5-10,15,19H,2,4,11-14H2,1H3/t15-/m1/s1. The summed E-state index contributed by atoms with van der Waals surface area (Å²) in [4.78, 5) is 0. The highest BCUT2D eigenvalue weighted by Crippen LogP contribution is 2.18. The molecule has 130 valence electrons. The molecule has 1 saturated heterocycles. The second-order valence-electron chi connectivity index (χ2n) is 6.45. The van der Waals surface area contributed by atoms with Crippen molar-refractivity contribution in [3.63, 3.8) is 0 Å². The Bertz CT molecular complexity index is 741. The van der Waals surface area contributed by atoms with E-state index in [1.807, 2.05) is 41.2 Å². The van der Waals surface area contributed by atoms with Gasteiger partial charge in [-0.15, -0.1) is 0 Å². The molecule has 1 aliphatic heterocycles. The largest absolute Gasteiger partial charge is 0.279 e. The first kappa shape index (κ1) is 17.1. The predicted octanol–water partition coefficient (Wildman–Crippen LogP) is 2.00. The van der Waals surface area contributed by atoms with Crippen LogP contribution in [0.2, 0.25) is 0 Å². The van der Waals surface area contributed by atoms with Crippen LogP contribution in [-0.2, 0) is 23.3 Å². The Hall–Kier alpha value is -1.70. The second-order valence-corrected chi connectivity index (χ2v) is 8.21. The highest BCUT2D eigenvalue weighted by molar-refractivity contribution is 7.87. The van der Waals surface area contributed by atoms with Crippen LogP contribution in [0.4, 0.5) is 0 Å². The van der Waals surface area contributed by atoms with Gasteiger partial charge in [-0.1, -0.05) is 31.2 Å². The molecule has 3 rings (SSSR count). The van der Waals surface area contributed by atoms with Gasteiger partial charge in [0, 0.05) is 32.0 Å². The first-order valence-electron chi connectivity index (χ1n) is 8.33. The van der Waals surface area contributed by atoms with Crippen molar-refractivity contribution < 1.29 is 8.42 Å². The van der Waals surface area contributed by atoms with Gasteiger partial charge >= 0.3 is 0 Å². The Labute approximate surface area is 143 Å². The van der Waals surface area contributed by atoms with E-state index in [1.165, 1.54) is 0 Å². The number of aromatic nitrogens is 2. The molecule has 0 amide bonds. The molecular weight excluding hydrogens is 324 g/mol. The quantitative estimate of drug-likeness (QED) is 0.868. The van der Waals surface area contributed by atoms with Crippen molar-refractivity contribution in [3.05, 3.63) is 53.9 Å². The number of hydrogen-bond acceptors (Lipinski definition) is 3. The van der Waals surface area contributed by atoms with E-state index in [9.17, 15) is 8.42 Å². The number of benzene rings is 1. The molecule has 0 radical (unpaired) electrons. The lowest BCUT2D eigenvalue weighted by Crippen LogP contribution is -2.45. The SMILES string of the molecule is C[C@@H]1CCCN(S(=O)(=O)NCc2ccc(Cn3cccn3)cc2)C1. The van der Waals surface area contributed by atoms with Gasteiger partial charge in [-0.05, 0) is 36.0 Å². The molecule has 1 fully saturated rings. The monoisotopic (exact) mass is 348 g/mol. The number of nitrogens with zero attached hydrogens (tertiary/aromatic N) is 3. The normalized spacial score (nSPS) is 19.5. The van der Waals surface area contributed by atoms with Crippen LogP contribution in [0.15, 0.2) is 42.7 Å². The van der Waals surface area contributed by atoms with Gasteiger partial charge in [0.1, 0.15) is 0 Å². The molecule has 0 aliphatic carbocycles. The summed E-state index contributed by atoms with van der Waals surface area (Å²) in [6.07, 6.45) is 5.71. The average molecular weight is 348 g/mol. The molecule has 24 heavy (non-hydrogen) atoms. The van der Waals surface area contributed by atoms with Crippen LogP contribution >= 0.6 is 0 Å². The fraction of sp³-hybridized carbons (Fsp3) is 0.471. The lowest BCUT2D eigenvalue weighted by molar-refractivity contribution is 0.278. The maximum absolute atomic E-state index is 12.4. The first-order valence-corrected chi connectivity index (χ1v) is 9.77. The summed E-state index contributed by atoms with van der Waals surface area (Å²) in [5.41, 5.74) is 2.09. The van der Waals surface area contributed by atoms with E-state index >= 15 is 0 Å². The summed E-state index contributed by atoms with van der Waals surface area (Å²) in [7, 11) is -3.40. The molecule has 0 bridgehead atoms. The van der Waals surface area contributed by atoms with Gasteiger partial charge in [0.2, 0.25) is 0 Å². The third-order valence-corrected chi connectivity index (χ3v) is 5.87. The minimum absolute atomic E-state index is 0.315. The molecule has 2 heterocycles. The predicted molar refractivity (Wildman–Crippen MR) is 93.5 cm³/mol. The summed E-state index contributed by atoms with van der Waals surface area (Å²) >= 11 is 0. The molecule has 2 aromatic rings. The van der Waals surface area contributed by atoms with Crippen molar-refractivity contribution in [1.29, 1.82) is 0 Å². The minimum atomic E-state index is -3.40. The van der Waals surface area contributed by atoms with Gasteiger partial charge in [-0.25, -0.2) is 0 Å². The molecule has 0 saturated carbocycles. The maximum Gasteiger partial charge on any atom is 0.279 e. The van der Waals surface area contributed by atoms with Crippen molar-refractivity contribution in [2.45, 2.75) is 32.9 Å². The summed E-state index contributed by atoms with van der Waals surface area (Å²) in [6, 6.07) is 9.83. The van der Waals surface area contributed by atoms with E-state index in [2.05, 4.69) is 16.7 Å². The number of rotatable bonds is 6. The van der Waals surface area contributed by atoms with Crippen LogP contribution in [-0.4, -0.2) is 35.6 Å². The molecule has 6 nitrogen and oxygen atoms in total. The van der Waals surface area contributed by atoms with Gasteiger partial charge in [-0.3, -0.25) is 4.68 Å². The van der Waals surface area contributed by atoms with E-state index in [-0.39, 0.29) is 0 Å². The van der Waals surface area contributed by atoms with Gasteiger partial charge in [0.15, 0.2) is 0 Å². The van der Waals surface area contributed by atoms with Crippen LogP contribution in [0, 0.1) is 5.92 Å². The summed E-state index contributed by atoms with van der Waals surface area (Å²) in [6.45, 7) is 4.35. The molecule has 0 spiro atoms. The first-order chi connectivity index (χ1) is 11.5. The fourth-order valence-corrected chi connectivity index (χ4v) is 4.33. The second kappa shape index (κ2) is 7.46. The van der Waals surface area contributed by atoms with Crippen molar-refractivity contribution in [1.82, 2.24) is 18.8 Å². The number of piperidine rings is 1. The van der Waals surface area contributed by atoms with E-state index in [1.54, 1.807) is 10.5 Å². The summed E-state index contributed by atoms with van der Waals surface area (Å²) in [5, 5.41) is 4.18. The molecular formula is C17H24N4O2S. The van der Waals surface area contributed by atoms with Crippen LogP contribution in [0.3, 0.4) is 0 Å². The van der Waals surface area contributed by atoms with Crippen LogP contribution in [0.5, 0.6) is 0 Å². The molecule has 7 heteroatoms. The zero-order valence-electron chi connectivity index (χ0n) is 13.9. The Morgan fingerprint density at radius 1 is 1.25 bits per heavy atom. The van der Waals surface area contributed by atoms with Crippen molar-refractivity contribution in [2.24, 2.45) is 5.92 Å². The lowest BCUT2D eigenvalue weighted by Gasteiger charge is -2.30. The molecule has 1 atom stereocenters. The highest BCUT2D eigenvalue weighted by atomic mass is 32.2. The van der Waals surface area contributed by atoms with Gasteiger partial charge in [0.25, 0.3) is 10.2 Å². The number of hydrogen-bond donors (Lipinski definition) is 1. The zero-order chi connectivity index (χ0) is 17.0. The Kier molecular flexibility index (Phi) is 5.33. The van der Waals surface area contributed by atoms with E-state index in [0.717, 1.165) is 24.0 Å². The molecule has 1 aromatic heterocycles. The van der Waals surface area contributed by atoms with Crippen molar-refractivity contribution in [2.75, 3.05) is 13.1 Å². The van der Waals surface area contributed by atoms with Crippen LogP contribution in [0.25, 0.3) is 0 Å².